The molecular formula is C19H23NO3S2. The Kier molecular flexibility index (Phi) is 5.74. The van der Waals surface area contributed by atoms with Crippen LogP contribution < -0.4 is 4.72 Å². The Bertz CT molecular complexity index is 803. The zero-order chi connectivity index (χ0) is 17.8. The molecule has 1 aliphatic heterocycles. The summed E-state index contributed by atoms with van der Waals surface area (Å²) in [6, 6.07) is 11.9. The van der Waals surface area contributed by atoms with Crippen LogP contribution in [0.1, 0.15) is 28.8 Å². The maximum Gasteiger partial charge on any atom is 0.233 e. The van der Waals surface area contributed by atoms with E-state index in [1.165, 1.54) is 10.3 Å². The van der Waals surface area contributed by atoms with E-state index in [1.54, 1.807) is 17.4 Å². The van der Waals surface area contributed by atoms with Crippen molar-refractivity contribution in [3.63, 3.8) is 0 Å². The highest BCUT2D eigenvalue weighted by Crippen LogP contribution is 2.37. The van der Waals surface area contributed by atoms with Gasteiger partial charge in [-0.05, 0) is 42.9 Å². The third-order valence-electron chi connectivity index (χ3n) is 4.62. The lowest BCUT2D eigenvalue weighted by Gasteiger charge is -2.36. The fraction of sp³-hybridized carbons (Fsp3) is 0.368. The first kappa shape index (κ1) is 18.3. The van der Waals surface area contributed by atoms with E-state index in [0.29, 0.717) is 19.8 Å². The molecule has 1 fully saturated rings. The van der Waals surface area contributed by atoms with Crippen molar-refractivity contribution >= 4 is 27.4 Å². The van der Waals surface area contributed by atoms with E-state index in [-0.39, 0.29) is 5.41 Å². The average molecular weight is 378 g/mol. The van der Waals surface area contributed by atoms with Gasteiger partial charge in [0.05, 0.1) is 0 Å². The first-order chi connectivity index (χ1) is 12.0. The van der Waals surface area contributed by atoms with Crippen molar-refractivity contribution in [2.75, 3.05) is 19.8 Å². The summed E-state index contributed by atoms with van der Waals surface area (Å²) in [5, 5.41) is 3.29. The van der Waals surface area contributed by atoms with Crippen LogP contribution in [0.15, 0.2) is 47.2 Å². The van der Waals surface area contributed by atoms with Gasteiger partial charge in [-0.1, -0.05) is 35.9 Å². The van der Waals surface area contributed by atoms with Crippen LogP contribution in [-0.2, 0) is 20.2 Å². The van der Waals surface area contributed by atoms with Crippen LogP contribution >= 0.6 is 11.3 Å². The summed E-state index contributed by atoms with van der Waals surface area (Å²) in [6.45, 7) is 3.73. The van der Waals surface area contributed by atoms with Crippen molar-refractivity contribution in [3.8, 4) is 0 Å². The first-order valence-electron chi connectivity index (χ1n) is 8.35. The number of aryl methyl sites for hydroxylation is 1. The summed E-state index contributed by atoms with van der Waals surface area (Å²) in [5.41, 5.74) is 1.85. The van der Waals surface area contributed by atoms with Gasteiger partial charge in [0.25, 0.3) is 0 Å². The van der Waals surface area contributed by atoms with Crippen LogP contribution in [0.2, 0.25) is 0 Å². The molecule has 2 heterocycles. The predicted molar refractivity (Wildman–Crippen MR) is 103 cm³/mol. The van der Waals surface area contributed by atoms with E-state index in [9.17, 15) is 8.42 Å². The maximum absolute atomic E-state index is 12.4. The smallest absolute Gasteiger partial charge is 0.233 e. The summed E-state index contributed by atoms with van der Waals surface area (Å²) in [4.78, 5) is 1.22. The van der Waals surface area contributed by atoms with Crippen molar-refractivity contribution in [1.29, 1.82) is 0 Å². The molecule has 0 radical (unpaired) electrons. The Labute approximate surface area is 153 Å². The molecule has 25 heavy (non-hydrogen) atoms. The zero-order valence-electron chi connectivity index (χ0n) is 14.3. The Morgan fingerprint density at radius 2 is 1.92 bits per heavy atom. The summed E-state index contributed by atoms with van der Waals surface area (Å²) >= 11 is 1.68. The molecule has 1 saturated heterocycles. The van der Waals surface area contributed by atoms with E-state index in [1.807, 2.05) is 42.6 Å². The highest BCUT2D eigenvalue weighted by Gasteiger charge is 2.36. The lowest BCUT2D eigenvalue weighted by atomic mass is 9.79. The van der Waals surface area contributed by atoms with Crippen molar-refractivity contribution in [2.24, 2.45) is 0 Å². The highest BCUT2D eigenvalue weighted by molar-refractivity contribution is 7.92. The maximum atomic E-state index is 12.4. The molecule has 0 aliphatic carbocycles. The van der Waals surface area contributed by atoms with Gasteiger partial charge in [0.2, 0.25) is 10.0 Å². The van der Waals surface area contributed by atoms with Crippen molar-refractivity contribution in [1.82, 2.24) is 4.72 Å². The Morgan fingerprint density at radius 3 is 2.56 bits per heavy atom. The van der Waals surface area contributed by atoms with E-state index in [0.717, 1.165) is 24.0 Å². The minimum absolute atomic E-state index is 0.169. The zero-order valence-corrected chi connectivity index (χ0v) is 15.9. The van der Waals surface area contributed by atoms with E-state index < -0.39 is 10.0 Å². The van der Waals surface area contributed by atoms with Crippen LogP contribution in [0.25, 0.3) is 6.08 Å². The van der Waals surface area contributed by atoms with Crippen LogP contribution in [0, 0.1) is 6.92 Å². The molecule has 1 aromatic heterocycles. The quantitative estimate of drug-likeness (QED) is 0.835. The number of hydrogen-bond donors (Lipinski definition) is 1. The van der Waals surface area contributed by atoms with Gasteiger partial charge in [-0.2, -0.15) is 0 Å². The minimum Gasteiger partial charge on any atom is -0.381 e. The lowest BCUT2D eigenvalue weighted by molar-refractivity contribution is 0.0529. The topological polar surface area (TPSA) is 55.4 Å². The molecule has 0 amide bonds. The molecular weight excluding hydrogens is 354 g/mol. The van der Waals surface area contributed by atoms with Gasteiger partial charge in [0, 0.05) is 35.5 Å². The molecule has 1 aromatic carbocycles. The van der Waals surface area contributed by atoms with Crippen LogP contribution in [0.3, 0.4) is 0 Å². The summed E-state index contributed by atoms with van der Waals surface area (Å²) in [6.07, 6.45) is 3.29. The molecule has 2 aromatic rings. The van der Waals surface area contributed by atoms with Crippen LogP contribution in [0.5, 0.6) is 0 Å². The van der Waals surface area contributed by atoms with E-state index in [4.69, 9.17) is 4.74 Å². The van der Waals surface area contributed by atoms with Crippen molar-refractivity contribution < 1.29 is 13.2 Å². The van der Waals surface area contributed by atoms with E-state index in [2.05, 4.69) is 10.8 Å². The number of ether oxygens (including phenoxy) is 1. The van der Waals surface area contributed by atoms with Gasteiger partial charge >= 0.3 is 0 Å². The largest absolute Gasteiger partial charge is 0.381 e. The molecule has 0 unspecified atom stereocenters. The van der Waals surface area contributed by atoms with Gasteiger partial charge in [-0.3, -0.25) is 0 Å². The summed E-state index contributed by atoms with van der Waals surface area (Å²) in [5.74, 6) is 0. The van der Waals surface area contributed by atoms with Gasteiger partial charge in [-0.25, -0.2) is 13.1 Å². The predicted octanol–water partition coefficient (Wildman–Crippen LogP) is 3.70. The molecule has 1 N–H and O–H groups in total. The first-order valence-corrected chi connectivity index (χ1v) is 10.8. The Morgan fingerprint density at radius 1 is 1.20 bits per heavy atom. The number of rotatable bonds is 6. The molecule has 3 rings (SSSR count). The summed E-state index contributed by atoms with van der Waals surface area (Å²) in [7, 11) is -3.49. The number of thiophene rings is 1. The molecule has 6 heteroatoms. The van der Waals surface area contributed by atoms with E-state index >= 15 is 0 Å². The Balaban J connectivity index is 1.70. The van der Waals surface area contributed by atoms with Gasteiger partial charge < -0.3 is 4.74 Å². The van der Waals surface area contributed by atoms with Gasteiger partial charge in [-0.15, -0.1) is 11.3 Å². The number of sulfonamides is 1. The van der Waals surface area contributed by atoms with Gasteiger partial charge in [0.1, 0.15) is 0 Å². The second-order valence-corrected chi connectivity index (χ2v) is 9.05. The fourth-order valence-electron chi connectivity index (χ4n) is 2.99. The number of benzene rings is 1. The second kappa shape index (κ2) is 7.83. The average Bonchev–Trinajstić information content (AvgIpc) is 3.16. The molecule has 4 nitrogen and oxygen atoms in total. The van der Waals surface area contributed by atoms with Gasteiger partial charge in [0.15, 0.2) is 0 Å². The number of hydrogen-bond acceptors (Lipinski definition) is 4. The van der Waals surface area contributed by atoms with Crippen molar-refractivity contribution in [2.45, 2.75) is 25.2 Å². The second-order valence-electron chi connectivity index (χ2n) is 6.45. The SMILES string of the molecule is Cc1ccc(/C=C/S(=O)(=O)NCC2(c3cccs3)CCOCC2)cc1. The van der Waals surface area contributed by atoms with Crippen LogP contribution in [-0.4, -0.2) is 28.2 Å². The molecule has 1 aliphatic rings. The molecule has 0 spiro atoms. The third kappa shape index (κ3) is 4.79. The molecule has 0 atom stereocenters. The molecule has 0 saturated carbocycles. The third-order valence-corrected chi connectivity index (χ3v) is 6.78. The van der Waals surface area contributed by atoms with Crippen molar-refractivity contribution in [3.05, 3.63) is 63.2 Å². The fourth-order valence-corrected chi connectivity index (χ4v) is 4.88. The lowest BCUT2D eigenvalue weighted by Crippen LogP contribution is -2.43. The molecule has 134 valence electrons. The highest BCUT2D eigenvalue weighted by atomic mass is 32.2. The minimum atomic E-state index is -3.49. The standard InChI is InChI=1S/C19H23NO3S2/c1-16-4-6-17(7-5-16)8-14-25(21,22)20-15-19(9-11-23-12-10-19)18-3-2-13-24-18/h2-8,13-14,20H,9-12,15H2,1H3/b14-8+. The molecule has 0 bridgehead atoms. The summed E-state index contributed by atoms with van der Waals surface area (Å²) < 4.78 is 33.1. The van der Waals surface area contributed by atoms with Crippen LogP contribution in [0.4, 0.5) is 0 Å². The Hall–Kier alpha value is -1.47. The monoisotopic (exact) mass is 377 g/mol. The number of nitrogens with one attached hydrogen (secondary N) is 1. The normalized spacial score (nSPS) is 17.8.